The predicted octanol–water partition coefficient (Wildman–Crippen LogP) is 2.03. The standard InChI is InChI=1S/C11H15NO/c1-2-13-9-5-3-8-4-6-11(12)10(8)7-9/h3,5,7,11H,2,4,6,12H2,1H3/t11-/m1/s1. The van der Waals surface area contributed by atoms with Crippen LogP contribution in [0.1, 0.15) is 30.5 Å². The Kier molecular flexibility index (Phi) is 2.23. The molecule has 0 unspecified atom stereocenters. The van der Waals surface area contributed by atoms with Crippen LogP contribution >= 0.6 is 0 Å². The maximum atomic E-state index is 5.96. The van der Waals surface area contributed by atoms with Gasteiger partial charge in [0.1, 0.15) is 5.75 Å². The van der Waals surface area contributed by atoms with Crippen molar-refractivity contribution in [3.63, 3.8) is 0 Å². The van der Waals surface area contributed by atoms with E-state index in [4.69, 9.17) is 10.5 Å². The number of hydrogen-bond acceptors (Lipinski definition) is 2. The Labute approximate surface area is 78.7 Å². The average molecular weight is 177 g/mol. The summed E-state index contributed by atoms with van der Waals surface area (Å²) in [7, 11) is 0. The van der Waals surface area contributed by atoms with Crippen LogP contribution in [-0.2, 0) is 6.42 Å². The van der Waals surface area contributed by atoms with Crippen LogP contribution in [0.15, 0.2) is 18.2 Å². The minimum atomic E-state index is 0.218. The largest absolute Gasteiger partial charge is 0.494 e. The highest BCUT2D eigenvalue weighted by atomic mass is 16.5. The topological polar surface area (TPSA) is 35.2 Å². The average Bonchev–Trinajstić information content (AvgIpc) is 2.49. The fourth-order valence-corrected chi connectivity index (χ4v) is 1.87. The molecule has 13 heavy (non-hydrogen) atoms. The van der Waals surface area contributed by atoms with E-state index in [1.807, 2.05) is 13.0 Å². The number of rotatable bonds is 2. The summed E-state index contributed by atoms with van der Waals surface area (Å²) in [6.07, 6.45) is 2.19. The lowest BCUT2D eigenvalue weighted by atomic mass is 10.1. The van der Waals surface area contributed by atoms with Gasteiger partial charge in [-0.05, 0) is 43.0 Å². The van der Waals surface area contributed by atoms with E-state index in [1.54, 1.807) is 0 Å². The third kappa shape index (κ3) is 1.54. The van der Waals surface area contributed by atoms with E-state index in [0.717, 1.165) is 18.6 Å². The predicted molar refractivity (Wildman–Crippen MR) is 52.9 cm³/mol. The van der Waals surface area contributed by atoms with Crippen LogP contribution in [0.25, 0.3) is 0 Å². The highest BCUT2D eigenvalue weighted by molar-refractivity contribution is 5.40. The molecule has 0 radical (unpaired) electrons. The van der Waals surface area contributed by atoms with E-state index >= 15 is 0 Å². The molecule has 0 saturated carbocycles. The molecule has 1 atom stereocenters. The van der Waals surface area contributed by atoms with E-state index in [0.29, 0.717) is 6.61 Å². The number of aryl methyl sites for hydroxylation is 1. The van der Waals surface area contributed by atoms with E-state index < -0.39 is 0 Å². The molecule has 0 aromatic heterocycles. The van der Waals surface area contributed by atoms with Crippen LogP contribution in [0.3, 0.4) is 0 Å². The van der Waals surface area contributed by atoms with Gasteiger partial charge in [0.05, 0.1) is 6.61 Å². The summed E-state index contributed by atoms with van der Waals surface area (Å²) in [6.45, 7) is 2.71. The summed E-state index contributed by atoms with van der Waals surface area (Å²) in [6, 6.07) is 6.46. The van der Waals surface area contributed by atoms with Crippen molar-refractivity contribution in [2.24, 2.45) is 5.73 Å². The van der Waals surface area contributed by atoms with Crippen molar-refractivity contribution in [3.8, 4) is 5.75 Å². The van der Waals surface area contributed by atoms with E-state index in [9.17, 15) is 0 Å². The lowest BCUT2D eigenvalue weighted by molar-refractivity contribution is 0.339. The molecule has 2 rings (SSSR count). The van der Waals surface area contributed by atoms with Gasteiger partial charge in [0.2, 0.25) is 0 Å². The second kappa shape index (κ2) is 3.38. The van der Waals surface area contributed by atoms with Gasteiger partial charge in [-0.2, -0.15) is 0 Å². The first kappa shape index (κ1) is 8.57. The van der Waals surface area contributed by atoms with Crippen LogP contribution in [0, 0.1) is 0 Å². The normalized spacial score (nSPS) is 20.0. The van der Waals surface area contributed by atoms with Crippen molar-refractivity contribution in [2.45, 2.75) is 25.8 Å². The first-order chi connectivity index (χ1) is 6.31. The first-order valence-electron chi connectivity index (χ1n) is 4.82. The third-order valence-corrected chi connectivity index (χ3v) is 2.55. The molecule has 70 valence electrons. The molecule has 1 aliphatic carbocycles. The Morgan fingerprint density at radius 2 is 2.38 bits per heavy atom. The van der Waals surface area contributed by atoms with Gasteiger partial charge in [-0.1, -0.05) is 6.07 Å². The van der Waals surface area contributed by atoms with Crippen LogP contribution in [-0.4, -0.2) is 6.61 Å². The smallest absolute Gasteiger partial charge is 0.119 e. The molecule has 0 saturated heterocycles. The van der Waals surface area contributed by atoms with Crippen LogP contribution < -0.4 is 10.5 Å². The second-order valence-corrected chi connectivity index (χ2v) is 3.44. The van der Waals surface area contributed by atoms with Crippen molar-refractivity contribution < 1.29 is 4.74 Å². The second-order valence-electron chi connectivity index (χ2n) is 3.44. The van der Waals surface area contributed by atoms with Gasteiger partial charge < -0.3 is 10.5 Å². The Morgan fingerprint density at radius 1 is 1.54 bits per heavy atom. The zero-order valence-corrected chi connectivity index (χ0v) is 7.92. The Bertz CT molecular complexity index is 309. The van der Waals surface area contributed by atoms with Crippen molar-refractivity contribution in [2.75, 3.05) is 6.61 Å². The molecule has 1 aliphatic rings. The van der Waals surface area contributed by atoms with Crippen LogP contribution in [0.2, 0.25) is 0 Å². The summed E-state index contributed by atoms with van der Waals surface area (Å²) in [5, 5.41) is 0. The fraction of sp³-hybridized carbons (Fsp3) is 0.455. The minimum absolute atomic E-state index is 0.218. The molecule has 2 nitrogen and oxygen atoms in total. The zero-order valence-electron chi connectivity index (χ0n) is 7.92. The van der Waals surface area contributed by atoms with E-state index in [2.05, 4.69) is 12.1 Å². The highest BCUT2D eigenvalue weighted by Crippen LogP contribution is 2.31. The van der Waals surface area contributed by atoms with Gasteiger partial charge in [-0.15, -0.1) is 0 Å². The molecule has 2 N–H and O–H groups in total. The van der Waals surface area contributed by atoms with Crippen LogP contribution in [0.4, 0.5) is 0 Å². The highest BCUT2D eigenvalue weighted by Gasteiger charge is 2.18. The van der Waals surface area contributed by atoms with Crippen molar-refractivity contribution in [1.29, 1.82) is 0 Å². The van der Waals surface area contributed by atoms with E-state index in [1.165, 1.54) is 11.1 Å². The maximum Gasteiger partial charge on any atom is 0.119 e. The SMILES string of the molecule is CCOc1ccc2c(c1)[C@H](N)CC2. The number of ether oxygens (including phenoxy) is 1. The molecular weight excluding hydrogens is 162 g/mol. The lowest BCUT2D eigenvalue weighted by Gasteiger charge is -2.08. The number of hydrogen-bond donors (Lipinski definition) is 1. The van der Waals surface area contributed by atoms with Crippen molar-refractivity contribution >= 4 is 0 Å². The summed E-state index contributed by atoms with van der Waals surface area (Å²) < 4.78 is 5.42. The van der Waals surface area contributed by atoms with Gasteiger partial charge in [0.25, 0.3) is 0 Å². The molecule has 2 heteroatoms. The lowest BCUT2D eigenvalue weighted by Crippen LogP contribution is -2.05. The van der Waals surface area contributed by atoms with Crippen molar-refractivity contribution in [3.05, 3.63) is 29.3 Å². The summed E-state index contributed by atoms with van der Waals surface area (Å²) in [5.41, 5.74) is 8.61. The molecule has 0 spiro atoms. The fourth-order valence-electron chi connectivity index (χ4n) is 1.87. The molecule has 1 aromatic rings. The van der Waals surface area contributed by atoms with Gasteiger partial charge in [-0.3, -0.25) is 0 Å². The van der Waals surface area contributed by atoms with E-state index in [-0.39, 0.29) is 6.04 Å². The Hall–Kier alpha value is -1.02. The molecule has 0 amide bonds. The van der Waals surface area contributed by atoms with Gasteiger partial charge >= 0.3 is 0 Å². The molecule has 0 fully saturated rings. The third-order valence-electron chi connectivity index (χ3n) is 2.55. The zero-order chi connectivity index (χ0) is 9.26. The van der Waals surface area contributed by atoms with Crippen LogP contribution in [0.5, 0.6) is 5.75 Å². The molecule has 0 heterocycles. The Balaban J connectivity index is 2.31. The molecule has 0 bridgehead atoms. The quantitative estimate of drug-likeness (QED) is 0.750. The molecule has 0 aliphatic heterocycles. The molecule has 1 aromatic carbocycles. The number of nitrogens with two attached hydrogens (primary N) is 1. The van der Waals surface area contributed by atoms with Gasteiger partial charge in [-0.25, -0.2) is 0 Å². The monoisotopic (exact) mass is 177 g/mol. The number of benzene rings is 1. The summed E-state index contributed by atoms with van der Waals surface area (Å²) >= 11 is 0. The first-order valence-corrected chi connectivity index (χ1v) is 4.82. The minimum Gasteiger partial charge on any atom is -0.494 e. The Morgan fingerprint density at radius 3 is 3.15 bits per heavy atom. The number of fused-ring (bicyclic) bond motifs is 1. The molecular formula is C11H15NO. The summed E-state index contributed by atoms with van der Waals surface area (Å²) in [5.74, 6) is 0.943. The summed E-state index contributed by atoms with van der Waals surface area (Å²) in [4.78, 5) is 0. The van der Waals surface area contributed by atoms with Gasteiger partial charge in [0.15, 0.2) is 0 Å². The van der Waals surface area contributed by atoms with Crippen molar-refractivity contribution in [1.82, 2.24) is 0 Å². The maximum absolute atomic E-state index is 5.96. The van der Waals surface area contributed by atoms with Gasteiger partial charge in [0, 0.05) is 6.04 Å².